The molecule has 0 radical (unpaired) electrons. The fourth-order valence-electron chi connectivity index (χ4n) is 5.40. The number of phenols is 3. The number of rotatable bonds is 3. The molecule has 0 spiro atoms. The van der Waals surface area contributed by atoms with Crippen LogP contribution in [-0.4, -0.2) is 15.3 Å². The van der Waals surface area contributed by atoms with Gasteiger partial charge in [-0.25, -0.2) is 0 Å². The van der Waals surface area contributed by atoms with Crippen LogP contribution in [-0.2, 0) is 16.2 Å². The van der Waals surface area contributed by atoms with Gasteiger partial charge in [-0.1, -0.05) is 98.7 Å². The van der Waals surface area contributed by atoms with Crippen LogP contribution in [0.3, 0.4) is 0 Å². The van der Waals surface area contributed by atoms with E-state index in [0.717, 1.165) is 50.1 Å². The fourth-order valence-corrected chi connectivity index (χ4v) is 5.40. The molecule has 0 heterocycles. The maximum Gasteiger partial charge on any atom is 0.122 e. The molecule has 0 atom stereocenters. The fraction of sp³-hybridized carbons (Fsp3) is 0.471. The van der Waals surface area contributed by atoms with Crippen LogP contribution in [0.15, 0.2) is 36.4 Å². The molecule has 0 bridgehead atoms. The summed E-state index contributed by atoms with van der Waals surface area (Å²) < 4.78 is 0. The Hall–Kier alpha value is -2.94. The van der Waals surface area contributed by atoms with Crippen LogP contribution >= 0.6 is 0 Å². The minimum atomic E-state index is -0.278. The molecule has 0 saturated carbocycles. The van der Waals surface area contributed by atoms with Crippen LogP contribution in [0.4, 0.5) is 0 Å². The summed E-state index contributed by atoms with van der Waals surface area (Å²) in [6, 6.07) is 12.3. The molecule has 0 aliphatic carbocycles. The van der Waals surface area contributed by atoms with Crippen LogP contribution in [0.5, 0.6) is 17.2 Å². The van der Waals surface area contributed by atoms with E-state index in [1.54, 1.807) is 0 Å². The average molecular weight is 503 g/mol. The van der Waals surface area contributed by atoms with Gasteiger partial charge in [0.25, 0.3) is 0 Å². The Balaban J connectivity index is 2.41. The van der Waals surface area contributed by atoms with Gasteiger partial charge in [-0.3, -0.25) is 0 Å². The number of hydrogen-bond acceptors (Lipinski definition) is 3. The van der Waals surface area contributed by atoms with Gasteiger partial charge in [0.15, 0.2) is 0 Å². The van der Waals surface area contributed by atoms with Crippen molar-refractivity contribution < 1.29 is 15.3 Å². The van der Waals surface area contributed by atoms with E-state index in [2.05, 4.69) is 80.5 Å². The quantitative estimate of drug-likeness (QED) is 0.314. The summed E-state index contributed by atoms with van der Waals surface area (Å²) in [7, 11) is 0. The number of benzene rings is 3. The summed E-state index contributed by atoms with van der Waals surface area (Å²) in [6.07, 6.45) is 0. The smallest absolute Gasteiger partial charge is 0.122 e. The van der Waals surface area contributed by atoms with Gasteiger partial charge in [0.2, 0.25) is 0 Å². The highest BCUT2D eigenvalue weighted by Crippen LogP contribution is 2.47. The first kappa shape index (κ1) is 28.6. The van der Waals surface area contributed by atoms with Crippen molar-refractivity contribution in [3.8, 4) is 17.2 Å². The molecule has 3 nitrogen and oxygen atoms in total. The van der Waals surface area contributed by atoms with Crippen molar-refractivity contribution in [1.82, 2.24) is 0 Å². The van der Waals surface area contributed by atoms with Crippen molar-refractivity contribution in [2.45, 2.75) is 105 Å². The normalized spacial score (nSPS) is 12.9. The minimum absolute atomic E-state index is 0.200. The first-order chi connectivity index (χ1) is 16.8. The van der Waals surface area contributed by atoms with Crippen LogP contribution in [0.1, 0.15) is 118 Å². The lowest BCUT2D eigenvalue weighted by Gasteiger charge is -2.30. The lowest BCUT2D eigenvalue weighted by Crippen LogP contribution is -2.17. The van der Waals surface area contributed by atoms with Gasteiger partial charge in [-0.05, 0) is 87.1 Å². The largest absolute Gasteiger partial charge is 0.507 e. The molecule has 3 N–H and O–H groups in total. The predicted molar refractivity (Wildman–Crippen MR) is 156 cm³/mol. The highest BCUT2D eigenvalue weighted by molar-refractivity contribution is 5.61. The van der Waals surface area contributed by atoms with Crippen LogP contribution in [0, 0.1) is 20.8 Å². The Morgan fingerprint density at radius 2 is 0.649 bits per heavy atom. The third-order valence-corrected chi connectivity index (χ3v) is 7.78. The standard InChI is InChI=1S/C34H46O3/c1-19-22(13-16-25(29(19)35)32(4,5)6)28(23-14-17-26(33(7,8)9)30(36)20(23)2)24-15-18-27(34(10,11)12)31(37)21(24)3/h13-18,28,35-37H,1-12H3. The molecule has 0 aliphatic rings. The molecular formula is C34H46O3. The van der Waals surface area contributed by atoms with Crippen molar-refractivity contribution in [3.63, 3.8) is 0 Å². The van der Waals surface area contributed by atoms with E-state index >= 15 is 0 Å². The Bertz CT molecular complexity index is 1160. The maximum atomic E-state index is 11.3. The Labute approximate surface area is 224 Å². The van der Waals surface area contributed by atoms with Gasteiger partial charge in [-0.2, -0.15) is 0 Å². The molecule has 0 unspecified atom stereocenters. The molecule has 0 saturated heterocycles. The second-order valence-corrected chi connectivity index (χ2v) is 13.7. The molecule has 0 aromatic heterocycles. The van der Waals surface area contributed by atoms with Crippen molar-refractivity contribution >= 4 is 0 Å². The zero-order valence-electron chi connectivity index (χ0n) is 24.9. The Morgan fingerprint density at radius 3 is 0.838 bits per heavy atom. The number of phenolic OH excluding ortho intramolecular Hbond substituents is 3. The summed E-state index contributed by atoms with van der Waals surface area (Å²) in [5, 5.41) is 33.9. The van der Waals surface area contributed by atoms with Gasteiger partial charge >= 0.3 is 0 Å². The molecule has 200 valence electrons. The van der Waals surface area contributed by atoms with Crippen LogP contribution < -0.4 is 0 Å². The molecule has 3 aromatic carbocycles. The average Bonchev–Trinajstić information content (AvgIpc) is 2.74. The van der Waals surface area contributed by atoms with Crippen molar-refractivity contribution in [2.24, 2.45) is 0 Å². The monoisotopic (exact) mass is 502 g/mol. The lowest BCUT2D eigenvalue weighted by atomic mass is 9.74. The molecule has 0 amide bonds. The second kappa shape index (κ2) is 9.42. The van der Waals surface area contributed by atoms with E-state index in [4.69, 9.17) is 0 Å². The SMILES string of the molecule is Cc1c(C(c2ccc(C(C)(C)C)c(O)c2C)c2ccc(C(C)(C)C)c(O)c2C)ccc(C(C)(C)C)c1O. The first-order valence-electron chi connectivity index (χ1n) is 13.3. The molecule has 0 aliphatic heterocycles. The number of aromatic hydroxyl groups is 3. The molecular weight excluding hydrogens is 456 g/mol. The minimum Gasteiger partial charge on any atom is -0.507 e. The van der Waals surface area contributed by atoms with Gasteiger partial charge in [0.1, 0.15) is 17.2 Å². The lowest BCUT2D eigenvalue weighted by molar-refractivity contribution is 0.440. The molecule has 3 rings (SSSR count). The molecule has 3 heteroatoms. The second-order valence-electron chi connectivity index (χ2n) is 13.7. The Kier molecular flexibility index (Phi) is 7.29. The first-order valence-corrected chi connectivity index (χ1v) is 13.3. The summed E-state index contributed by atoms with van der Waals surface area (Å²) in [5.41, 5.74) is 7.43. The van der Waals surface area contributed by atoms with Gasteiger partial charge in [0, 0.05) is 5.92 Å². The van der Waals surface area contributed by atoms with E-state index in [1.165, 1.54) is 0 Å². The molecule has 0 fully saturated rings. The molecule has 3 aromatic rings. The zero-order chi connectivity index (χ0) is 28.2. The van der Waals surface area contributed by atoms with E-state index in [9.17, 15) is 15.3 Å². The van der Waals surface area contributed by atoms with Gasteiger partial charge in [0.05, 0.1) is 0 Å². The third kappa shape index (κ3) is 5.23. The topological polar surface area (TPSA) is 60.7 Å². The molecule has 37 heavy (non-hydrogen) atoms. The van der Waals surface area contributed by atoms with Crippen molar-refractivity contribution in [1.29, 1.82) is 0 Å². The highest BCUT2D eigenvalue weighted by atomic mass is 16.3. The van der Waals surface area contributed by atoms with Crippen molar-refractivity contribution in [2.75, 3.05) is 0 Å². The van der Waals surface area contributed by atoms with E-state index in [-0.39, 0.29) is 22.2 Å². The highest BCUT2D eigenvalue weighted by Gasteiger charge is 2.31. The van der Waals surface area contributed by atoms with E-state index in [1.807, 2.05) is 39.0 Å². The Morgan fingerprint density at radius 1 is 0.432 bits per heavy atom. The predicted octanol–water partition coefficient (Wildman–Crippen LogP) is 8.80. The summed E-state index contributed by atoms with van der Waals surface area (Å²) in [4.78, 5) is 0. The van der Waals surface area contributed by atoms with Crippen LogP contribution in [0.2, 0.25) is 0 Å². The summed E-state index contributed by atoms with van der Waals surface area (Å²) in [5.74, 6) is 0.629. The summed E-state index contributed by atoms with van der Waals surface area (Å²) in [6.45, 7) is 24.8. The maximum absolute atomic E-state index is 11.3. The zero-order valence-corrected chi connectivity index (χ0v) is 24.9. The van der Waals surface area contributed by atoms with Gasteiger partial charge in [-0.15, -0.1) is 0 Å². The number of hydrogen-bond donors (Lipinski definition) is 3. The summed E-state index contributed by atoms with van der Waals surface area (Å²) >= 11 is 0. The van der Waals surface area contributed by atoms with E-state index < -0.39 is 0 Å². The van der Waals surface area contributed by atoms with Crippen LogP contribution in [0.25, 0.3) is 0 Å². The third-order valence-electron chi connectivity index (χ3n) is 7.78. The van der Waals surface area contributed by atoms with E-state index in [0.29, 0.717) is 17.2 Å². The van der Waals surface area contributed by atoms with Gasteiger partial charge < -0.3 is 15.3 Å². The van der Waals surface area contributed by atoms with Crippen molar-refractivity contribution in [3.05, 3.63) is 86.5 Å².